The Labute approximate surface area is 136 Å². The molecular formula is C16H23ClN2O3. The van der Waals surface area contributed by atoms with E-state index in [2.05, 4.69) is 5.32 Å². The summed E-state index contributed by atoms with van der Waals surface area (Å²) >= 11 is 5.92. The zero-order chi connectivity index (χ0) is 16.7. The molecule has 0 spiro atoms. The van der Waals surface area contributed by atoms with Gasteiger partial charge in [0.2, 0.25) is 11.8 Å². The van der Waals surface area contributed by atoms with Crippen molar-refractivity contribution in [2.45, 2.75) is 27.2 Å². The first-order valence-electron chi connectivity index (χ1n) is 7.22. The van der Waals surface area contributed by atoms with E-state index in [0.717, 1.165) is 0 Å². The topological polar surface area (TPSA) is 58.6 Å². The van der Waals surface area contributed by atoms with Gasteiger partial charge in [0.25, 0.3) is 0 Å². The molecule has 1 N–H and O–H groups in total. The predicted octanol–water partition coefficient (Wildman–Crippen LogP) is 3.18. The predicted molar refractivity (Wildman–Crippen MR) is 88.3 cm³/mol. The Morgan fingerprint density at radius 1 is 1.36 bits per heavy atom. The maximum Gasteiger partial charge on any atom is 0.226 e. The number of hydrogen-bond donors (Lipinski definition) is 1. The van der Waals surface area contributed by atoms with Gasteiger partial charge in [0.15, 0.2) is 0 Å². The second kappa shape index (κ2) is 8.63. The second-order valence-corrected chi connectivity index (χ2v) is 5.94. The summed E-state index contributed by atoms with van der Waals surface area (Å²) < 4.78 is 5.18. The normalized spacial score (nSPS) is 10.5. The molecule has 22 heavy (non-hydrogen) atoms. The van der Waals surface area contributed by atoms with Crippen LogP contribution in [0.2, 0.25) is 5.02 Å². The molecule has 2 amide bonds. The number of ether oxygens (including phenoxy) is 1. The lowest BCUT2D eigenvalue weighted by Crippen LogP contribution is -2.34. The number of benzene rings is 1. The molecule has 122 valence electrons. The summed E-state index contributed by atoms with van der Waals surface area (Å²) in [5.74, 6) is 0.695. The first-order valence-corrected chi connectivity index (χ1v) is 7.60. The van der Waals surface area contributed by atoms with Crippen molar-refractivity contribution >= 4 is 29.1 Å². The smallest absolute Gasteiger partial charge is 0.226 e. The van der Waals surface area contributed by atoms with Gasteiger partial charge in [-0.25, -0.2) is 0 Å². The lowest BCUT2D eigenvalue weighted by molar-refractivity contribution is -0.129. The molecule has 0 saturated heterocycles. The van der Waals surface area contributed by atoms with Crippen LogP contribution in [0.5, 0.6) is 5.75 Å². The van der Waals surface area contributed by atoms with E-state index in [9.17, 15) is 9.59 Å². The van der Waals surface area contributed by atoms with Crippen LogP contribution in [-0.2, 0) is 9.59 Å². The molecule has 1 rings (SSSR count). The van der Waals surface area contributed by atoms with Crippen molar-refractivity contribution in [2.24, 2.45) is 5.92 Å². The molecule has 0 unspecified atom stereocenters. The van der Waals surface area contributed by atoms with Crippen molar-refractivity contribution in [1.29, 1.82) is 0 Å². The first kappa shape index (κ1) is 18.3. The van der Waals surface area contributed by atoms with Crippen LogP contribution in [0.25, 0.3) is 0 Å². The molecule has 1 aromatic rings. The summed E-state index contributed by atoms with van der Waals surface area (Å²) in [6.07, 6.45) is 0.224. The van der Waals surface area contributed by atoms with E-state index >= 15 is 0 Å². The number of methoxy groups -OCH3 is 1. The molecule has 0 aliphatic carbocycles. The molecule has 0 aliphatic rings. The van der Waals surface area contributed by atoms with Gasteiger partial charge in [-0.1, -0.05) is 25.4 Å². The van der Waals surface area contributed by atoms with Crippen LogP contribution in [-0.4, -0.2) is 36.9 Å². The standard InChI is InChI=1S/C16H23ClN2O3/c1-11(2)10-19(12(3)20)8-7-16(21)18-14-9-13(17)5-6-15(14)22-4/h5-6,9,11H,7-8,10H2,1-4H3,(H,18,21). The Hall–Kier alpha value is -1.75. The number of hydrogen-bond acceptors (Lipinski definition) is 3. The van der Waals surface area contributed by atoms with Crippen LogP contribution >= 0.6 is 11.6 Å². The highest BCUT2D eigenvalue weighted by atomic mass is 35.5. The van der Waals surface area contributed by atoms with Crippen LogP contribution in [0.1, 0.15) is 27.2 Å². The van der Waals surface area contributed by atoms with E-state index in [-0.39, 0.29) is 18.2 Å². The number of halogens is 1. The van der Waals surface area contributed by atoms with Gasteiger partial charge in [-0.3, -0.25) is 9.59 Å². The summed E-state index contributed by atoms with van der Waals surface area (Å²) in [4.78, 5) is 25.3. The Bertz CT molecular complexity index is 532. The fourth-order valence-corrected chi connectivity index (χ4v) is 2.22. The number of nitrogens with zero attached hydrogens (tertiary/aromatic N) is 1. The fourth-order valence-electron chi connectivity index (χ4n) is 2.05. The van der Waals surface area contributed by atoms with Gasteiger partial charge in [0.05, 0.1) is 12.8 Å². The number of amides is 2. The summed E-state index contributed by atoms with van der Waals surface area (Å²) in [7, 11) is 1.53. The molecule has 0 aromatic heterocycles. The van der Waals surface area contributed by atoms with E-state index in [1.807, 2.05) is 13.8 Å². The van der Waals surface area contributed by atoms with Crippen LogP contribution in [0.3, 0.4) is 0 Å². The number of carbonyl (C=O) groups excluding carboxylic acids is 2. The van der Waals surface area contributed by atoms with Crippen LogP contribution < -0.4 is 10.1 Å². The number of rotatable bonds is 7. The number of anilines is 1. The third-order valence-electron chi connectivity index (χ3n) is 3.08. The lowest BCUT2D eigenvalue weighted by Gasteiger charge is -2.22. The average molecular weight is 327 g/mol. The molecule has 1 aromatic carbocycles. The molecule has 6 heteroatoms. The maximum atomic E-state index is 12.1. The Morgan fingerprint density at radius 3 is 2.59 bits per heavy atom. The zero-order valence-corrected chi connectivity index (χ0v) is 14.2. The average Bonchev–Trinajstić information content (AvgIpc) is 2.43. The van der Waals surface area contributed by atoms with Crippen LogP contribution in [0, 0.1) is 5.92 Å². The van der Waals surface area contributed by atoms with Gasteiger partial charge in [-0.15, -0.1) is 0 Å². The zero-order valence-electron chi connectivity index (χ0n) is 13.5. The highest BCUT2D eigenvalue weighted by molar-refractivity contribution is 6.31. The quantitative estimate of drug-likeness (QED) is 0.837. The monoisotopic (exact) mass is 326 g/mol. The Morgan fingerprint density at radius 2 is 2.05 bits per heavy atom. The van der Waals surface area contributed by atoms with E-state index < -0.39 is 0 Å². The molecule has 0 atom stereocenters. The SMILES string of the molecule is COc1ccc(Cl)cc1NC(=O)CCN(CC(C)C)C(C)=O. The molecule has 0 aliphatic heterocycles. The molecule has 0 saturated carbocycles. The molecule has 0 bridgehead atoms. The van der Waals surface area contributed by atoms with Crippen molar-refractivity contribution in [3.63, 3.8) is 0 Å². The molecule has 0 fully saturated rings. The van der Waals surface area contributed by atoms with Crippen molar-refractivity contribution in [1.82, 2.24) is 4.90 Å². The minimum absolute atomic E-state index is 0.0261. The molecular weight excluding hydrogens is 304 g/mol. The van der Waals surface area contributed by atoms with Crippen LogP contribution in [0.15, 0.2) is 18.2 Å². The first-order chi connectivity index (χ1) is 10.3. The molecule has 5 nitrogen and oxygen atoms in total. The summed E-state index contributed by atoms with van der Waals surface area (Å²) in [5, 5.41) is 3.28. The van der Waals surface area contributed by atoms with E-state index in [1.165, 1.54) is 14.0 Å². The minimum Gasteiger partial charge on any atom is -0.495 e. The number of carbonyl (C=O) groups is 2. The highest BCUT2D eigenvalue weighted by Gasteiger charge is 2.14. The molecule has 0 heterocycles. The largest absolute Gasteiger partial charge is 0.495 e. The second-order valence-electron chi connectivity index (χ2n) is 5.50. The number of nitrogens with one attached hydrogen (secondary N) is 1. The van der Waals surface area contributed by atoms with Gasteiger partial charge in [-0.2, -0.15) is 0 Å². The third-order valence-corrected chi connectivity index (χ3v) is 3.31. The summed E-state index contributed by atoms with van der Waals surface area (Å²) in [6, 6.07) is 5.02. The fraction of sp³-hybridized carbons (Fsp3) is 0.500. The summed E-state index contributed by atoms with van der Waals surface area (Å²) in [5.41, 5.74) is 0.526. The highest BCUT2D eigenvalue weighted by Crippen LogP contribution is 2.27. The van der Waals surface area contributed by atoms with Gasteiger partial charge in [-0.05, 0) is 24.1 Å². The lowest BCUT2D eigenvalue weighted by atomic mass is 10.2. The van der Waals surface area contributed by atoms with Crippen molar-refractivity contribution < 1.29 is 14.3 Å². The molecule has 0 radical (unpaired) electrons. The minimum atomic E-state index is -0.185. The van der Waals surface area contributed by atoms with E-state index in [1.54, 1.807) is 23.1 Å². The third kappa shape index (κ3) is 5.93. The maximum absolute atomic E-state index is 12.1. The summed E-state index contributed by atoms with van der Waals surface area (Å²) in [6.45, 7) is 6.62. The van der Waals surface area contributed by atoms with Gasteiger partial charge < -0.3 is 15.0 Å². The van der Waals surface area contributed by atoms with E-state index in [4.69, 9.17) is 16.3 Å². The van der Waals surface area contributed by atoms with Crippen molar-refractivity contribution in [2.75, 3.05) is 25.5 Å². The van der Waals surface area contributed by atoms with Gasteiger partial charge in [0, 0.05) is 31.5 Å². The Balaban J connectivity index is 2.62. The van der Waals surface area contributed by atoms with Gasteiger partial charge in [0.1, 0.15) is 5.75 Å². The van der Waals surface area contributed by atoms with Crippen molar-refractivity contribution in [3.05, 3.63) is 23.2 Å². The van der Waals surface area contributed by atoms with E-state index in [0.29, 0.717) is 35.5 Å². The van der Waals surface area contributed by atoms with Crippen LogP contribution in [0.4, 0.5) is 5.69 Å². The Kier molecular flexibility index (Phi) is 7.18. The van der Waals surface area contributed by atoms with Crippen molar-refractivity contribution in [3.8, 4) is 5.75 Å². The van der Waals surface area contributed by atoms with Gasteiger partial charge >= 0.3 is 0 Å².